The van der Waals surface area contributed by atoms with Gasteiger partial charge in [-0.3, -0.25) is 9.59 Å². The summed E-state index contributed by atoms with van der Waals surface area (Å²) in [5.74, 6) is -0.596. The molecule has 1 aromatic heterocycles. The summed E-state index contributed by atoms with van der Waals surface area (Å²) in [4.78, 5) is 24.0. The molecule has 1 amide bonds. The number of nitrogens with zero attached hydrogens (tertiary/aromatic N) is 1. The molecule has 204 valence electrons. The van der Waals surface area contributed by atoms with Gasteiger partial charge in [0.2, 0.25) is 0 Å². The number of alkyl halides is 3. The minimum absolute atomic E-state index is 0.0466. The summed E-state index contributed by atoms with van der Waals surface area (Å²) < 4.78 is 45.9. The van der Waals surface area contributed by atoms with Crippen LogP contribution in [0.5, 0.6) is 0 Å². The molecule has 8 heteroatoms. The third-order valence-electron chi connectivity index (χ3n) is 6.64. The van der Waals surface area contributed by atoms with Crippen LogP contribution in [0.2, 0.25) is 0 Å². The van der Waals surface area contributed by atoms with Crippen LogP contribution in [-0.2, 0) is 15.7 Å². The second-order valence-electron chi connectivity index (χ2n) is 9.31. The molecule has 0 saturated heterocycles. The monoisotopic (exact) mass is 536 g/mol. The second kappa shape index (κ2) is 12.2. The lowest BCUT2D eigenvalue weighted by atomic mass is 9.99. The number of hydrogen-bond acceptors (Lipinski definition) is 3. The van der Waals surface area contributed by atoms with Gasteiger partial charge in [0.1, 0.15) is 0 Å². The number of esters is 1. The molecule has 1 atom stereocenters. The van der Waals surface area contributed by atoms with E-state index in [4.69, 9.17) is 4.74 Å². The van der Waals surface area contributed by atoms with Gasteiger partial charge in [-0.25, -0.2) is 0 Å². The molecule has 0 aliphatic carbocycles. The highest BCUT2D eigenvalue weighted by molar-refractivity contribution is 5.94. The van der Waals surface area contributed by atoms with Crippen molar-refractivity contribution in [2.24, 2.45) is 0 Å². The van der Waals surface area contributed by atoms with Gasteiger partial charge in [0.05, 0.1) is 24.6 Å². The molecule has 0 spiro atoms. The van der Waals surface area contributed by atoms with Crippen LogP contribution in [0.1, 0.15) is 60.6 Å². The third kappa shape index (κ3) is 6.69. The van der Waals surface area contributed by atoms with Crippen LogP contribution in [0.3, 0.4) is 0 Å². The average molecular weight is 537 g/mol. The topological polar surface area (TPSA) is 60.3 Å². The van der Waals surface area contributed by atoms with Gasteiger partial charge in [0.25, 0.3) is 5.91 Å². The minimum Gasteiger partial charge on any atom is -0.466 e. The van der Waals surface area contributed by atoms with Crippen molar-refractivity contribution in [1.29, 1.82) is 0 Å². The van der Waals surface area contributed by atoms with Gasteiger partial charge in [0.15, 0.2) is 0 Å². The zero-order chi connectivity index (χ0) is 28.0. The Bertz CT molecular complexity index is 1420. The maximum atomic E-state index is 12.9. The summed E-state index contributed by atoms with van der Waals surface area (Å²) >= 11 is 0. The maximum absolute atomic E-state index is 12.9. The summed E-state index contributed by atoms with van der Waals surface area (Å²) in [5.41, 5.74) is 3.49. The molecule has 0 bridgehead atoms. The zero-order valence-electron chi connectivity index (χ0n) is 21.9. The van der Waals surface area contributed by atoms with Gasteiger partial charge in [-0.15, -0.1) is 0 Å². The fourth-order valence-corrected chi connectivity index (χ4v) is 4.68. The number of fused-ring (bicyclic) bond motifs is 1. The van der Waals surface area contributed by atoms with E-state index in [0.717, 1.165) is 52.6 Å². The van der Waals surface area contributed by atoms with Gasteiger partial charge in [-0.1, -0.05) is 43.7 Å². The summed E-state index contributed by atoms with van der Waals surface area (Å²) in [6, 6.07) is 20.6. The number of aromatic nitrogens is 1. The van der Waals surface area contributed by atoms with E-state index in [2.05, 4.69) is 16.8 Å². The number of amides is 1. The largest absolute Gasteiger partial charge is 0.466 e. The summed E-state index contributed by atoms with van der Waals surface area (Å²) in [5, 5.41) is 3.73. The first-order chi connectivity index (χ1) is 18.7. The molecule has 0 saturated carbocycles. The normalized spacial score (nSPS) is 12.3. The molecule has 1 N–H and O–H groups in total. The molecule has 1 heterocycles. The lowest BCUT2D eigenvalue weighted by Crippen LogP contribution is -2.26. The Morgan fingerprint density at radius 1 is 0.923 bits per heavy atom. The number of carbonyl (C=O) groups excluding carboxylic acids is 2. The number of rotatable bonds is 10. The Morgan fingerprint density at radius 3 is 2.26 bits per heavy atom. The lowest BCUT2D eigenvalue weighted by molar-refractivity contribution is -0.143. The smallest absolute Gasteiger partial charge is 0.416 e. The van der Waals surface area contributed by atoms with E-state index >= 15 is 0 Å². The first kappa shape index (κ1) is 28.0. The quantitative estimate of drug-likeness (QED) is 0.215. The number of halogens is 3. The van der Waals surface area contributed by atoms with Crippen LogP contribution < -0.4 is 5.32 Å². The Morgan fingerprint density at radius 2 is 1.62 bits per heavy atom. The van der Waals surface area contributed by atoms with Gasteiger partial charge in [-0.2, -0.15) is 13.2 Å². The highest BCUT2D eigenvalue weighted by Crippen LogP contribution is 2.34. The van der Waals surface area contributed by atoms with Crippen LogP contribution in [0, 0.1) is 0 Å². The molecule has 0 aliphatic rings. The zero-order valence-corrected chi connectivity index (χ0v) is 21.9. The summed E-state index contributed by atoms with van der Waals surface area (Å²) in [6.45, 7) is 4.37. The van der Waals surface area contributed by atoms with E-state index in [1.165, 1.54) is 12.1 Å². The maximum Gasteiger partial charge on any atom is 0.416 e. The lowest BCUT2D eigenvalue weighted by Gasteiger charge is -2.21. The van der Waals surface area contributed by atoms with Gasteiger partial charge < -0.3 is 14.6 Å². The molecular weight excluding hydrogens is 505 g/mol. The number of ether oxygens (including phenoxy) is 1. The van der Waals surface area contributed by atoms with Crippen LogP contribution in [0.4, 0.5) is 13.2 Å². The van der Waals surface area contributed by atoms with E-state index in [9.17, 15) is 22.8 Å². The molecule has 4 aromatic rings. The van der Waals surface area contributed by atoms with Crippen molar-refractivity contribution in [2.75, 3.05) is 13.2 Å². The van der Waals surface area contributed by atoms with Crippen LogP contribution in [-0.4, -0.2) is 29.6 Å². The Hall–Kier alpha value is -4.07. The Labute approximate surface area is 225 Å². The average Bonchev–Trinajstić information content (AvgIpc) is 3.34. The van der Waals surface area contributed by atoms with Crippen molar-refractivity contribution in [3.63, 3.8) is 0 Å². The fourth-order valence-electron chi connectivity index (χ4n) is 4.68. The Balaban J connectivity index is 1.52. The highest BCUT2D eigenvalue weighted by Gasteiger charge is 2.30. The molecule has 39 heavy (non-hydrogen) atoms. The first-order valence-electron chi connectivity index (χ1n) is 13.0. The van der Waals surface area contributed by atoms with Crippen molar-refractivity contribution < 1.29 is 27.5 Å². The molecule has 5 nitrogen and oxygen atoms in total. The van der Waals surface area contributed by atoms with Crippen molar-refractivity contribution >= 4 is 22.8 Å². The number of nitrogens with one attached hydrogen (secondary N) is 1. The van der Waals surface area contributed by atoms with Crippen LogP contribution in [0.25, 0.3) is 22.0 Å². The standard InChI is InChI=1S/C31H31F3N2O3/c1-3-5-27(22-6-8-23(9-7-22)30(38)35-18-16-29(37)39-4-2)36-19-17-25-20-24(12-15-28(25)36)21-10-13-26(14-11-21)31(32,33)34/h6-15,17,19-20,27H,3-5,16,18H2,1-2H3,(H,35,38). The Kier molecular flexibility index (Phi) is 8.74. The van der Waals surface area contributed by atoms with Crippen molar-refractivity contribution in [3.8, 4) is 11.1 Å². The molecular formula is C31H31F3N2O3. The minimum atomic E-state index is -4.36. The van der Waals surface area contributed by atoms with Gasteiger partial charge >= 0.3 is 12.1 Å². The van der Waals surface area contributed by atoms with E-state index in [1.54, 1.807) is 19.1 Å². The van der Waals surface area contributed by atoms with Crippen molar-refractivity contribution in [1.82, 2.24) is 9.88 Å². The first-order valence-corrected chi connectivity index (χ1v) is 13.0. The number of benzene rings is 3. The van der Waals surface area contributed by atoms with Crippen molar-refractivity contribution in [2.45, 2.75) is 45.3 Å². The van der Waals surface area contributed by atoms with Crippen LogP contribution >= 0.6 is 0 Å². The molecule has 3 aromatic carbocycles. The predicted octanol–water partition coefficient (Wildman–Crippen LogP) is 7.40. The van der Waals surface area contributed by atoms with Gasteiger partial charge in [-0.05, 0) is 72.5 Å². The fraction of sp³-hybridized carbons (Fsp3) is 0.290. The molecule has 0 aliphatic heterocycles. The predicted molar refractivity (Wildman–Crippen MR) is 145 cm³/mol. The summed E-state index contributed by atoms with van der Waals surface area (Å²) in [6.07, 6.45) is -0.380. The highest BCUT2D eigenvalue weighted by atomic mass is 19.4. The van der Waals surface area contributed by atoms with E-state index < -0.39 is 11.7 Å². The SMILES string of the molecule is CCCC(c1ccc(C(=O)NCCC(=O)OCC)cc1)n1ccc2cc(-c3ccc(C(F)(F)F)cc3)ccc21. The van der Waals surface area contributed by atoms with Gasteiger partial charge in [0, 0.05) is 29.2 Å². The van der Waals surface area contributed by atoms with E-state index in [-0.39, 0.29) is 30.9 Å². The third-order valence-corrected chi connectivity index (χ3v) is 6.64. The number of hydrogen-bond donors (Lipinski definition) is 1. The van der Waals surface area contributed by atoms with Crippen molar-refractivity contribution in [3.05, 3.63) is 95.7 Å². The van der Waals surface area contributed by atoms with E-state index in [0.29, 0.717) is 12.2 Å². The second-order valence-corrected chi connectivity index (χ2v) is 9.31. The molecule has 0 radical (unpaired) electrons. The molecule has 1 unspecified atom stereocenters. The molecule has 4 rings (SSSR count). The number of carbonyl (C=O) groups is 2. The van der Waals surface area contributed by atoms with Crippen LogP contribution in [0.15, 0.2) is 79.0 Å². The van der Waals surface area contributed by atoms with E-state index in [1.807, 2.05) is 42.6 Å². The molecule has 0 fully saturated rings. The summed E-state index contributed by atoms with van der Waals surface area (Å²) in [7, 11) is 0.